The lowest BCUT2D eigenvalue weighted by atomic mass is 9.81. The van der Waals surface area contributed by atoms with Crippen molar-refractivity contribution in [1.82, 2.24) is 0 Å². The molecule has 0 aromatic heterocycles. The second-order valence-corrected chi connectivity index (χ2v) is 6.45. The quantitative estimate of drug-likeness (QED) is 0.474. The molecule has 2 atom stereocenters. The molecule has 0 N–H and O–H groups in total. The standard InChI is InChI=1S/C21H19OP/c1-3-8-15-10-7-11-16-14-20(23-22)18-13-6-5-12-17(18)19(9-4-2)21(15)16/h3-7,10-14,16H,1-2,8-9H2/p+1. The Morgan fingerprint density at radius 1 is 1.09 bits per heavy atom. The number of rotatable bonds is 5. The van der Waals surface area contributed by atoms with Crippen LogP contribution in [0.1, 0.15) is 24.0 Å². The van der Waals surface area contributed by atoms with Crippen molar-refractivity contribution >= 4 is 19.3 Å². The topological polar surface area (TPSA) is 17.1 Å². The van der Waals surface area contributed by atoms with Crippen molar-refractivity contribution in [2.45, 2.75) is 12.8 Å². The molecule has 0 saturated carbocycles. The molecular weight excluding hydrogens is 299 g/mol. The highest BCUT2D eigenvalue weighted by molar-refractivity contribution is 7.37. The van der Waals surface area contributed by atoms with Crippen molar-refractivity contribution in [3.8, 4) is 0 Å². The molecule has 1 aromatic carbocycles. The Bertz CT molecular complexity index is 790. The monoisotopic (exact) mass is 319 g/mol. The second kappa shape index (κ2) is 6.89. The summed E-state index contributed by atoms with van der Waals surface area (Å²) in [6, 6.07) is 8.24. The van der Waals surface area contributed by atoms with E-state index in [1.165, 1.54) is 22.3 Å². The van der Waals surface area contributed by atoms with Crippen LogP contribution in [0.4, 0.5) is 0 Å². The maximum absolute atomic E-state index is 11.8. The minimum atomic E-state index is -0.456. The van der Waals surface area contributed by atoms with Crippen LogP contribution in [-0.4, -0.2) is 0 Å². The van der Waals surface area contributed by atoms with Crippen molar-refractivity contribution in [1.29, 1.82) is 0 Å². The van der Waals surface area contributed by atoms with Gasteiger partial charge in [0.2, 0.25) is 0 Å². The van der Waals surface area contributed by atoms with Gasteiger partial charge in [0.1, 0.15) is 0 Å². The number of fused-ring (bicyclic) bond motifs is 2. The first-order valence-corrected chi connectivity index (χ1v) is 8.73. The summed E-state index contributed by atoms with van der Waals surface area (Å²) in [6.07, 6.45) is 14.1. The minimum Gasteiger partial charge on any atom is -0.103 e. The Kier molecular flexibility index (Phi) is 4.69. The first kappa shape index (κ1) is 15.6. The Morgan fingerprint density at radius 3 is 2.52 bits per heavy atom. The SMILES string of the molecule is C=CCC1=CC=CC2C=C([PH+]=O)c3ccccc3C(CC=C)=C12. The van der Waals surface area contributed by atoms with Crippen LogP contribution in [-0.2, 0) is 4.57 Å². The fourth-order valence-electron chi connectivity index (χ4n) is 3.41. The molecule has 0 aliphatic heterocycles. The van der Waals surface area contributed by atoms with Gasteiger partial charge in [0.15, 0.2) is 5.31 Å². The zero-order valence-electron chi connectivity index (χ0n) is 13.1. The molecule has 1 aromatic rings. The van der Waals surface area contributed by atoms with Crippen LogP contribution in [0.2, 0.25) is 0 Å². The van der Waals surface area contributed by atoms with Crippen LogP contribution >= 0.6 is 8.46 Å². The van der Waals surface area contributed by atoms with Crippen LogP contribution in [0.3, 0.4) is 0 Å². The zero-order valence-corrected chi connectivity index (χ0v) is 14.1. The summed E-state index contributed by atoms with van der Waals surface area (Å²) < 4.78 is 11.8. The summed E-state index contributed by atoms with van der Waals surface area (Å²) in [7, 11) is -0.456. The van der Waals surface area contributed by atoms with Gasteiger partial charge in [0.25, 0.3) is 0 Å². The van der Waals surface area contributed by atoms with Gasteiger partial charge in [0, 0.05) is 11.5 Å². The van der Waals surface area contributed by atoms with E-state index in [9.17, 15) is 4.57 Å². The van der Waals surface area contributed by atoms with E-state index in [0.717, 1.165) is 23.7 Å². The van der Waals surface area contributed by atoms with Crippen LogP contribution in [0, 0.1) is 5.92 Å². The third-order valence-corrected chi connectivity index (χ3v) is 4.99. The zero-order chi connectivity index (χ0) is 16.2. The Hall–Kier alpha value is -2.24. The normalized spacial score (nSPS) is 19.4. The van der Waals surface area contributed by atoms with Gasteiger partial charge in [-0.25, -0.2) is 0 Å². The van der Waals surface area contributed by atoms with E-state index < -0.39 is 8.46 Å². The van der Waals surface area contributed by atoms with Crippen molar-refractivity contribution in [3.63, 3.8) is 0 Å². The molecule has 23 heavy (non-hydrogen) atoms. The number of hydrogen-bond acceptors (Lipinski definition) is 1. The smallest absolute Gasteiger partial charge is 0.103 e. The summed E-state index contributed by atoms with van der Waals surface area (Å²) >= 11 is 0. The predicted octanol–water partition coefficient (Wildman–Crippen LogP) is 6.08. The lowest BCUT2D eigenvalue weighted by molar-refractivity contribution is 0.603. The average Bonchev–Trinajstić information content (AvgIpc) is 2.71. The lowest BCUT2D eigenvalue weighted by Gasteiger charge is -2.23. The molecule has 114 valence electrons. The van der Waals surface area contributed by atoms with E-state index in [4.69, 9.17) is 0 Å². The van der Waals surface area contributed by atoms with Gasteiger partial charge in [-0.3, -0.25) is 0 Å². The van der Waals surface area contributed by atoms with Crippen molar-refractivity contribution in [3.05, 3.63) is 96.2 Å². The van der Waals surface area contributed by atoms with Crippen molar-refractivity contribution in [2.24, 2.45) is 5.92 Å². The summed E-state index contributed by atoms with van der Waals surface area (Å²) in [5.41, 5.74) is 6.12. The molecule has 2 unspecified atom stereocenters. The summed E-state index contributed by atoms with van der Waals surface area (Å²) in [4.78, 5) is 0. The number of benzene rings is 1. The third kappa shape index (κ3) is 2.85. The van der Waals surface area contributed by atoms with E-state index in [1.807, 2.05) is 24.3 Å². The summed E-state index contributed by atoms with van der Waals surface area (Å²) in [5, 5.41) is 0.909. The van der Waals surface area contributed by atoms with Crippen LogP contribution < -0.4 is 0 Å². The van der Waals surface area contributed by atoms with E-state index >= 15 is 0 Å². The fourth-order valence-corrected chi connectivity index (χ4v) is 3.98. The number of allylic oxidation sites excluding steroid dienone is 9. The van der Waals surface area contributed by atoms with E-state index in [0.29, 0.717) is 0 Å². The van der Waals surface area contributed by atoms with Gasteiger partial charge >= 0.3 is 8.46 Å². The molecule has 0 spiro atoms. The maximum atomic E-state index is 11.8. The van der Waals surface area contributed by atoms with Crippen molar-refractivity contribution < 1.29 is 4.57 Å². The Balaban J connectivity index is 2.32. The molecule has 1 nitrogen and oxygen atoms in total. The average molecular weight is 319 g/mol. The van der Waals surface area contributed by atoms with E-state index in [-0.39, 0.29) is 5.92 Å². The third-order valence-electron chi connectivity index (χ3n) is 4.33. The van der Waals surface area contributed by atoms with Crippen LogP contribution in [0.25, 0.3) is 10.9 Å². The molecule has 2 aliphatic carbocycles. The molecule has 0 bridgehead atoms. The van der Waals surface area contributed by atoms with Crippen LogP contribution in [0.15, 0.2) is 85.0 Å². The summed E-state index contributed by atoms with van der Waals surface area (Å²) in [5.74, 6) is 0.161. The predicted molar refractivity (Wildman–Crippen MR) is 101 cm³/mol. The molecule has 0 amide bonds. The van der Waals surface area contributed by atoms with Crippen LogP contribution in [0.5, 0.6) is 0 Å². The minimum absolute atomic E-state index is 0.161. The van der Waals surface area contributed by atoms with Crippen molar-refractivity contribution in [2.75, 3.05) is 0 Å². The van der Waals surface area contributed by atoms with Gasteiger partial charge in [-0.1, -0.05) is 53.1 Å². The van der Waals surface area contributed by atoms with Gasteiger partial charge in [-0.15, -0.1) is 13.2 Å². The number of hydrogen-bond donors (Lipinski definition) is 0. The largest absolute Gasteiger partial charge is 0.363 e. The first-order valence-electron chi connectivity index (χ1n) is 7.82. The summed E-state index contributed by atoms with van der Waals surface area (Å²) in [6.45, 7) is 7.83. The van der Waals surface area contributed by atoms with Gasteiger partial charge in [0.05, 0.1) is 0 Å². The first-order chi connectivity index (χ1) is 11.3. The molecular formula is C21H20OP+. The van der Waals surface area contributed by atoms with Gasteiger partial charge in [-0.05, 0) is 47.3 Å². The highest BCUT2D eigenvalue weighted by Crippen LogP contribution is 2.45. The Labute approximate surface area is 139 Å². The molecule has 3 rings (SSSR count). The lowest BCUT2D eigenvalue weighted by Crippen LogP contribution is -2.07. The van der Waals surface area contributed by atoms with E-state index in [1.54, 1.807) is 0 Å². The van der Waals surface area contributed by atoms with Gasteiger partial charge < -0.3 is 0 Å². The Morgan fingerprint density at radius 2 is 1.83 bits per heavy atom. The van der Waals surface area contributed by atoms with E-state index in [2.05, 4.69) is 49.6 Å². The molecule has 0 heterocycles. The fraction of sp³-hybridized carbons (Fsp3) is 0.143. The molecule has 0 fully saturated rings. The highest BCUT2D eigenvalue weighted by atomic mass is 31.1. The molecule has 2 heteroatoms. The van der Waals surface area contributed by atoms with Gasteiger partial charge in [-0.2, -0.15) is 0 Å². The maximum Gasteiger partial charge on any atom is 0.363 e. The molecule has 2 aliphatic rings. The molecule has 0 radical (unpaired) electrons. The molecule has 0 saturated heterocycles. The second-order valence-electron chi connectivity index (χ2n) is 5.71. The highest BCUT2D eigenvalue weighted by Gasteiger charge is 2.28.